The molecule has 3 unspecified atom stereocenters. The molecule has 2 fully saturated rings. The molecule has 4 rings (SSSR count). The summed E-state index contributed by atoms with van der Waals surface area (Å²) in [6, 6.07) is 8.23. The number of hydrogen-bond donors (Lipinski definition) is 3. The minimum Gasteiger partial charge on any atom is -0.348 e. The molecule has 3 atom stereocenters. The van der Waals surface area contributed by atoms with Gasteiger partial charge in [0.2, 0.25) is 5.91 Å². The molecule has 1 aromatic heterocycles. The number of hydrazine groups is 1. The van der Waals surface area contributed by atoms with Crippen molar-refractivity contribution in [2.75, 3.05) is 0 Å². The van der Waals surface area contributed by atoms with Crippen molar-refractivity contribution in [3.8, 4) is 5.69 Å². The van der Waals surface area contributed by atoms with Gasteiger partial charge >= 0.3 is 0 Å². The second-order valence-electron chi connectivity index (χ2n) is 6.68. The van der Waals surface area contributed by atoms with E-state index in [1.54, 1.807) is 11.0 Å². The van der Waals surface area contributed by atoms with Crippen molar-refractivity contribution >= 4 is 5.91 Å². The van der Waals surface area contributed by atoms with Gasteiger partial charge in [-0.25, -0.2) is 15.1 Å². The molecule has 1 aromatic carbocycles. The lowest BCUT2D eigenvalue weighted by atomic mass is 10.0. The first-order valence-corrected chi connectivity index (χ1v) is 8.47. The monoisotopic (exact) mass is 326 g/mol. The fourth-order valence-electron chi connectivity index (χ4n) is 3.22. The van der Waals surface area contributed by atoms with Gasteiger partial charge in [0.25, 0.3) is 0 Å². The smallest absolute Gasteiger partial charge is 0.239 e. The van der Waals surface area contributed by atoms with E-state index >= 15 is 0 Å². The molecule has 0 radical (unpaired) electrons. The van der Waals surface area contributed by atoms with Gasteiger partial charge in [0.1, 0.15) is 18.7 Å². The summed E-state index contributed by atoms with van der Waals surface area (Å²) in [7, 11) is 0. The van der Waals surface area contributed by atoms with Gasteiger partial charge in [-0.1, -0.05) is 12.1 Å². The van der Waals surface area contributed by atoms with Crippen LogP contribution in [0.1, 0.15) is 37.8 Å². The highest BCUT2D eigenvalue weighted by Gasteiger charge is 2.38. The van der Waals surface area contributed by atoms with Gasteiger partial charge in [0, 0.05) is 6.04 Å². The van der Waals surface area contributed by atoms with Gasteiger partial charge in [0.15, 0.2) is 0 Å². The van der Waals surface area contributed by atoms with Crippen molar-refractivity contribution in [3.63, 3.8) is 0 Å². The van der Waals surface area contributed by atoms with E-state index in [2.05, 4.69) is 26.3 Å². The number of aromatic nitrogens is 3. The Morgan fingerprint density at radius 1 is 1.29 bits per heavy atom. The number of carbonyl (C=O) groups excluding carboxylic acids is 1. The van der Waals surface area contributed by atoms with E-state index in [0.717, 1.165) is 23.6 Å². The molecule has 7 nitrogen and oxygen atoms in total. The second-order valence-corrected chi connectivity index (χ2v) is 6.68. The highest BCUT2D eigenvalue weighted by atomic mass is 16.2. The molecule has 2 heterocycles. The third-order valence-electron chi connectivity index (χ3n) is 4.88. The number of hydrogen-bond acceptors (Lipinski definition) is 5. The molecular formula is C17H22N6O. The van der Waals surface area contributed by atoms with Crippen LogP contribution < -0.4 is 16.2 Å². The molecular weight excluding hydrogens is 304 g/mol. The van der Waals surface area contributed by atoms with E-state index in [1.165, 1.54) is 19.2 Å². The van der Waals surface area contributed by atoms with Crippen molar-refractivity contribution < 1.29 is 4.79 Å². The number of benzene rings is 1. The molecule has 0 spiro atoms. The Morgan fingerprint density at radius 3 is 2.75 bits per heavy atom. The molecule has 126 valence electrons. The Kier molecular flexibility index (Phi) is 4.03. The Morgan fingerprint density at radius 2 is 2.08 bits per heavy atom. The summed E-state index contributed by atoms with van der Waals surface area (Å²) in [6.45, 7) is 2.00. The Balaban J connectivity index is 1.35. The molecule has 1 amide bonds. The Hall–Kier alpha value is -2.25. The van der Waals surface area contributed by atoms with E-state index < -0.39 is 0 Å². The molecule has 1 saturated heterocycles. The van der Waals surface area contributed by atoms with Crippen molar-refractivity contribution in [1.82, 2.24) is 30.9 Å². The highest BCUT2D eigenvalue weighted by molar-refractivity contribution is 5.82. The molecule has 1 aliphatic heterocycles. The van der Waals surface area contributed by atoms with Gasteiger partial charge in [-0.3, -0.25) is 10.2 Å². The summed E-state index contributed by atoms with van der Waals surface area (Å²) in [5.74, 6) is 0.801. The van der Waals surface area contributed by atoms with E-state index in [1.807, 2.05) is 31.2 Å². The summed E-state index contributed by atoms with van der Waals surface area (Å²) in [6.07, 6.45) is 6.60. The van der Waals surface area contributed by atoms with E-state index in [-0.39, 0.29) is 18.0 Å². The summed E-state index contributed by atoms with van der Waals surface area (Å²) in [5.41, 5.74) is 8.41. The van der Waals surface area contributed by atoms with Crippen LogP contribution in [0.15, 0.2) is 36.9 Å². The van der Waals surface area contributed by atoms with Crippen LogP contribution in [-0.4, -0.2) is 32.8 Å². The first-order valence-electron chi connectivity index (χ1n) is 8.47. The minimum absolute atomic E-state index is 0.0379. The maximum absolute atomic E-state index is 12.4. The van der Waals surface area contributed by atoms with Gasteiger partial charge in [-0.2, -0.15) is 5.10 Å². The average molecular weight is 326 g/mol. The number of nitrogens with zero attached hydrogens (tertiary/aromatic N) is 3. The Labute approximate surface area is 140 Å². The lowest BCUT2D eigenvalue weighted by Gasteiger charge is -2.17. The zero-order valence-corrected chi connectivity index (χ0v) is 13.6. The summed E-state index contributed by atoms with van der Waals surface area (Å²) in [5, 5.41) is 7.20. The van der Waals surface area contributed by atoms with Crippen LogP contribution in [0.3, 0.4) is 0 Å². The van der Waals surface area contributed by atoms with Crippen LogP contribution in [0, 0.1) is 5.92 Å². The van der Waals surface area contributed by atoms with Crippen molar-refractivity contribution in [3.05, 3.63) is 42.5 Å². The second kappa shape index (κ2) is 6.33. The number of nitrogens with one attached hydrogen (secondary N) is 3. The first kappa shape index (κ1) is 15.3. The molecule has 24 heavy (non-hydrogen) atoms. The van der Waals surface area contributed by atoms with E-state index in [4.69, 9.17) is 0 Å². The predicted octanol–water partition coefficient (Wildman–Crippen LogP) is 1.09. The van der Waals surface area contributed by atoms with Crippen LogP contribution in [-0.2, 0) is 4.79 Å². The summed E-state index contributed by atoms with van der Waals surface area (Å²) >= 11 is 0. The molecule has 1 aliphatic carbocycles. The minimum atomic E-state index is -0.146. The molecule has 2 aliphatic rings. The van der Waals surface area contributed by atoms with Crippen molar-refractivity contribution in [2.24, 2.45) is 5.92 Å². The molecule has 7 heteroatoms. The SMILES string of the molecule is CC(NC(=O)C1CC(C2CC2)NN1)c1ccc(-n2cncn2)cc1. The standard InChI is InChI=1S/C17H22N6O/c1-11(12-4-6-14(7-5-12)23-10-18-9-19-23)20-17(24)16-8-15(21-22-16)13-2-3-13/h4-7,9-11,13,15-16,21-22H,2-3,8H2,1H3,(H,20,24). The predicted molar refractivity (Wildman–Crippen MR) is 89.1 cm³/mol. The maximum atomic E-state index is 12.4. The number of rotatable bonds is 5. The van der Waals surface area contributed by atoms with Crippen LogP contribution in [0.25, 0.3) is 5.69 Å². The molecule has 1 saturated carbocycles. The highest BCUT2D eigenvalue weighted by Crippen LogP contribution is 2.35. The van der Waals surface area contributed by atoms with Crippen LogP contribution >= 0.6 is 0 Å². The third kappa shape index (κ3) is 3.18. The topological polar surface area (TPSA) is 83.9 Å². The zero-order valence-electron chi connectivity index (χ0n) is 13.6. The normalized spacial score (nSPS) is 24.7. The van der Waals surface area contributed by atoms with Crippen LogP contribution in [0.2, 0.25) is 0 Å². The van der Waals surface area contributed by atoms with Crippen LogP contribution in [0.4, 0.5) is 0 Å². The lowest BCUT2D eigenvalue weighted by Crippen LogP contribution is -2.44. The third-order valence-corrected chi connectivity index (χ3v) is 4.88. The maximum Gasteiger partial charge on any atom is 0.239 e. The van der Waals surface area contributed by atoms with Gasteiger partial charge < -0.3 is 5.32 Å². The average Bonchev–Trinajstić information content (AvgIpc) is 3.12. The van der Waals surface area contributed by atoms with Gasteiger partial charge in [0.05, 0.1) is 11.7 Å². The quantitative estimate of drug-likeness (QED) is 0.766. The molecule has 0 bridgehead atoms. The van der Waals surface area contributed by atoms with Gasteiger partial charge in [-0.05, 0) is 49.8 Å². The van der Waals surface area contributed by atoms with E-state index in [0.29, 0.717) is 6.04 Å². The van der Waals surface area contributed by atoms with Crippen molar-refractivity contribution in [2.45, 2.75) is 44.3 Å². The zero-order chi connectivity index (χ0) is 16.5. The first-order chi connectivity index (χ1) is 11.7. The summed E-state index contributed by atoms with van der Waals surface area (Å²) < 4.78 is 1.71. The summed E-state index contributed by atoms with van der Waals surface area (Å²) in [4.78, 5) is 16.4. The fraction of sp³-hybridized carbons (Fsp3) is 0.471. The molecule has 3 N–H and O–H groups in total. The number of carbonyl (C=O) groups is 1. The molecule has 2 aromatic rings. The van der Waals surface area contributed by atoms with Gasteiger partial charge in [-0.15, -0.1) is 0 Å². The Bertz CT molecular complexity index is 694. The lowest BCUT2D eigenvalue weighted by molar-refractivity contribution is -0.123. The largest absolute Gasteiger partial charge is 0.348 e. The van der Waals surface area contributed by atoms with Crippen LogP contribution in [0.5, 0.6) is 0 Å². The number of amides is 1. The fourth-order valence-corrected chi connectivity index (χ4v) is 3.22. The van der Waals surface area contributed by atoms with E-state index in [9.17, 15) is 4.79 Å². The van der Waals surface area contributed by atoms with Crippen molar-refractivity contribution in [1.29, 1.82) is 0 Å².